The van der Waals surface area contributed by atoms with E-state index in [1.807, 2.05) is 24.3 Å². The molecule has 2 aromatic heterocycles. The molecular weight excluding hydrogens is 530 g/mol. The highest BCUT2D eigenvalue weighted by Gasteiger charge is 2.23. The van der Waals surface area contributed by atoms with E-state index in [4.69, 9.17) is 43.2 Å². The van der Waals surface area contributed by atoms with Crippen molar-refractivity contribution < 1.29 is 33.2 Å². The van der Waals surface area contributed by atoms with Gasteiger partial charge < -0.3 is 33.2 Å². The van der Waals surface area contributed by atoms with Crippen LogP contribution >= 0.6 is 0 Å². The van der Waals surface area contributed by atoms with Gasteiger partial charge in [-0.15, -0.1) is 10.2 Å². The van der Waals surface area contributed by atoms with Gasteiger partial charge in [0, 0.05) is 17.2 Å². The average molecular weight is 560 g/mol. The Morgan fingerprint density at radius 2 is 1.15 bits per heavy atom. The van der Waals surface area contributed by atoms with Gasteiger partial charge in [-0.3, -0.25) is 0 Å². The molecule has 0 radical (unpaired) electrons. The zero-order chi connectivity index (χ0) is 29.1. The monoisotopic (exact) mass is 559 g/mol. The second-order valence-electron chi connectivity index (χ2n) is 8.60. The van der Waals surface area contributed by atoms with Crippen molar-refractivity contribution in [3.8, 4) is 68.6 Å². The minimum Gasteiger partial charge on any atom is -0.497 e. The van der Waals surface area contributed by atoms with E-state index in [0.717, 1.165) is 0 Å². The summed E-state index contributed by atoms with van der Waals surface area (Å²) in [5, 5.41) is 13.9. The molecule has 0 atom stereocenters. The van der Waals surface area contributed by atoms with Crippen LogP contribution in [0.2, 0.25) is 0 Å². The molecule has 0 amide bonds. The predicted molar refractivity (Wildman–Crippen MR) is 151 cm³/mol. The third kappa shape index (κ3) is 4.84. The van der Waals surface area contributed by atoms with Crippen molar-refractivity contribution >= 4 is 11.2 Å². The number of nitrogens with zero attached hydrogens (tertiary/aromatic N) is 5. The van der Waals surface area contributed by atoms with E-state index in [9.17, 15) is 0 Å². The Bertz CT molecular complexity index is 1670. The number of hydrogen-bond acceptors (Lipinski definition) is 11. The molecule has 12 heteroatoms. The van der Waals surface area contributed by atoms with Crippen molar-refractivity contribution in [1.82, 2.24) is 25.0 Å². The molecule has 5 rings (SSSR count). The first-order chi connectivity index (χ1) is 20.0. The molecule has 0 aliphatic heterocycles. The number of ether oxygens (including phenoxy) is 7. The zero-order valence-corrected chi connectivity index (χ0v) is 23.7. The van der Waals surface area contributed by atoms with Gasteiger partial charge in [0.15, 0.2) is 28.8 Å². The minimum absolute atomic E-state index is 0.329. The Labute approximate surface area is 236 Å². The molecule has 41 heavy (non-hydrogen) atoms. The summed E-state index contributed by atoms with van der Waals surface area (Å²) in [5.74, 6) is 3.77. The highest BCUT2D eigenvalue weighted by atomic mass is 16.5. The molecule has 0 saturated carbocycles. The topological polar surface area (TPSA) is 121 Å². The van der Waals surface area contributed by atoms with Crippen LogP contribution in [-0.4, -0.2) is 74.7 Å². The molecule has 3 aromatic carbocycles. The van der Waals surface area contributed by atoms with Crippen LogP contribution in [0.25, 0.3) is 39.5 Å². The number of fused-ring (bicyclic) bond motifs is 1. The summed E-state index contributed by atoms with van der Waals surface area (Å²) in [4.78, 5) is 4.92. The Balaban J connectivity index is 1.79. The predicted octanol–water partition coefficient (Wildman–Crippen LogP) is 4.60. The molecule has 0 N–H and O–H groups in total. The van der Waals surface area contributed by atoms with Crippen LogP contribution in [0.3, 0.4) is 0 Å². The number of benzene rings is 3. The van der Waals surface area contributed by atoms with Gasteiger partial charge in [-0.25, -0.2) is 9.67 Å². The average Bonchev–Trinajstić information content (AvgIpc) is 3.42. The highest BCUT2D eigenvalue weighted by molar-refractivity contribution is 5.90. The lowest BCUT2D eigenvalue weighted by Crippen LogP contribution is -2.01. The van der Waals surface area contributed by atoms with Crippen LogP contribution in [0.4, 0.5) is 0 Å². The molecule has 5 aromatic rings. The Hall–Kier alpha value is -5.26. The van der Waals surface area contributed by atoms with Crippen LogP contribution in [0, 0.1) is 0 Å². The van der Waals surface area contributed by atoms with Crippen LogP contribution in [0.5, 0.6) is 40.2 Å². The molecule has 0 saturated heterocycles. The molecule has 0 bridgehead atoms. The fraction of sp³-hybridized carbons (Fsp3) is 0.241. The molecule has 0 unspecified atom stereocenters. The van der Waals surface area contributed by atoms with E-state index in [1.165, 1.54) is 0 Å². The van der Waals surface area contributed by atoms with Gasteiger partial charge in [-0.05, 0) is 36.4 Å². The maximum atomic E-state index is 5.60. The van der Waals surface area contributed by atoms with Crippen LogP contribution in [0.15, 0.2) is 48.5 Å². The van der Waals surface area contributed by atoms with Gasteiger partial charge in [-0.1, -0.05) is 6.07 Å². The summed E-state index contributed by atoms with van der Waals surface area (Å²) in [6, 6.07) is 14.6. The van der Waals surface area contributed by atoms with Gasteiger partial charge in [0.25, 0.3) is 0 Å². The summed E-state index contributed by atoms with van der Waals surface area (Å²) in [6.07, 6.45) is 0. The smallest absolute Gasteiger partial charge is 0.204 e. The second-order valence-corrected chi connectivity index (χ2v) is 8.60. The van der Waals surface area contributed by atoms with E-state index in [1.54, 1.807) is 78.7 Å². The van der Waals surface area contributed by atoms with Gasteiger partial charge in [0.05, 0.1) is 55.5 Å². The molecule has 212 valence electrons. The normalized spacial score (nSPS) is 10.8. The maximum absolute atomic E-state index is 5.60. The standard InChI is InChI=1S/C29H29N5O7/c1-35-19-10-8-9-18(15-19)34-29-25(24(33-34)16-11-20(36-2)26(40-6)21(12-16)37-3)30-28(31-32-29)17-13-22(38-4)27(41-7)23(14-17)39-5/h8-15H,1-7H3. The van der Waals surface area contributed by atoms with Crippen molar-refractivity contribution in [2.24, 2.45) is 0 Å². The van der Waals surface area contributed by atoms with Gasteiger partial charge in [-0.2, -0.15) is 5.10 Å². The Morgan fingerprint density at radius 1 is 0.585 bits per heavy atom. The Morgan fingerprint density at radius 3 is 1.66 bits per heavy atom. The lowest BCUT2D eigenvalue weighted by Gasteiger charge is -2.14. The fourth-order valence-electron chi connectivity index (χ4n) is 4.48. The molecule has 0 fully saturated rings. The number of hydrogen-bond donors (Lipinski definition) is 0. The summed E-state index contributed by atoms with van der Waals surface area (Å²) >= 11 is 0. The summed E-state index contributed by atoms with van der Waals surface area (Å²) in [5.41, 5.74) is 3.43. The van der Waals surface area contributed by atoms with Crippen molar-refractivity contribution in [2.75, 3.05) is 49.8 Å². The Kier molecular flexibility index (Phi) is 7.64. The van der Waals surface area contributed by atoms with E-state index >= 15 is 0 Å². The molecule has 0 aliphatic carbocycles. The largest absolute Gasteiger partial charge is 0.497 e. The van der Waals surface area contributed by atoms with Crippen molar-refractivity contribution in [1.29, 1.82) is 0 Å². The van der Waals surface area contributed by atoms with Crippen LogP contribution < -0.4 is 33.2 Å². The quantitative estimate of drug-likeness (QED) is 0.239. The summed E-state index contributed by atoms with van der Waals surface area (Å²) in [7, 11) is 10.9. The highest BCUT2D eigenvalue weighted by Crippen LogP contribution is 2.43. The fourth-order valence-corrected chi connectivity index (χ4v) is 4.48. The van der Waals surface area contributed by atoms with Gasteiger partial charge >= 0.3 is 0 Å². The minimum atomic E-state index is 0.329. The third-order valence-corrected chi connectivity index (χ3v) is 6.45. The molecule has 0 spiro atoms. The molecule has 2 heterocycles. The van der Waals surface area contributed by atoms with Crippen molar-refractivity contribution in [3.05, 3.63) is 48.5 Å². The first-order valence-corrected chi connectivity index (χ1v) is 12.4. The number of aromatic nitrogens is 5. The number of methoxy groups -OCH3 is 7. The van der Waals surface area contributed by atoms with Gasteiger partial charge in [0.2, 0.25) is 17.1 Å². The zero-order valence-electron chi connectivity index (χ0n) is 23.7. The maximum Gasteiger partial charge on any atom is 0.204 e. The SMILES string of the molecule is COc1cccc(-n2nc(-c3cc(OC)c(OC)c(OC)c3)c3nc(-c4cc(OC)c(OC)c(OC)c4)nnc32)c1. The van der Waals surface area contributed by atoms with Gasteiger partial charge in [0.1, 0.15) is 17.0 Å². The van der Waals surface area contributed by atoms with E-state index in [0.29, 0.717) is 79.7 Å². The lowest BCUT2D eigenvalue weighted by atomic mass is 10.1. The third-order valence-electron chi connectivity index (χ3n) is 6.45. The van der Waals surface area contributed by atoms with E-state index in [-0.39, 0.29) is 0 Å². The second kappa shape index (κ2) is 11.5. The van der Waals surface area contributed by atoms with E-state index in [2.05, 4.69) is 10.2 Å². The summed E-state index contributed by atoms with van der Waals surface area (Å²) in [6.45, 7) is 0. The molecule has 12 nitrogen and oxygen atoms in total. The summed E-state index contributed by atoms with van der Waals surface area (Å²) < 4.78 is 40.3. The van der Waals surface area contributed by atoms with Crippen molar-refractivity contribution in [3.63, 3.8) is 0 Å². The van der Waals surface area contributed by atoms with Crippen LogP contribution in [0.1, 0.15) is 0 Å². The first kappa shape index (κ1) is 27.3. The molecular formula is C29H29N5O7. The first-order valence-electron chi connectivity index (χ1n) is 12.4. The molecule has 0 aliphatic rings. The lowest BCUT2D eigenvalue weighted by molar-refractivity contribution is 0.324. The number of rotatable bonds is 10. The van der Waals surface area contributed by atoms with Crippen LogP contribution in [-0.2, 0) is 0 Å². The van der Waals surface area contributed by atoms with E-state index < -0.39 is 0 Å². The van der Waals surface area contributed by atoms with Crippen molar-refractivity contribution in [2.45, 2.75) is 0 Å².